The molecule has 0 spiro atoms. The lowest BCUT2D eigenvalue weighted by atomic mass is 10.0. The smallest absolute Gasteiger partial charge is 0.264 e. The molecule has 0 saturated heterocycles. The Bertz CT molecular complexity index is 1700. The minimum Gasteiger partial charge on any atom is -0.354 e. The van der Waals surface area contributed by atoms with Crippen molar-refractivity contribution in [2.45, 2.75) is 50.6 Å². The van der Waals surface area contributed by atoms with Gasteiger partial charge in [-0.05, 0) is 60.9 Å². The van der Waals surface area contributed by atoms with Gasteiger partial charge in [0.05, 0.1) is 10.6 Å². The standard InChI is InChI=1S/C35H37Cl2N3O4S/c1-3-4-21-38-35(42)33(22-27-11-6-5-7-12-27)39(24-28-13-8-9-16-32(28)37)34(41)25-40(30-15-10-14-29(36)23-30)45(43,44)31-19-17-26(2)18-20-31/h5-20,23,33H,3-4,21-22,24-25H2,1-2H3,(H,38,42)/t33-/m0/s1. The quantitative estimate of drug-likeness (QED) is 0.146. The minimum atomic E-state index is -4.22. The van der Waals surface area contributed by atoms with E-state index in [0.29, 0.717) is 22.2 Å². The van der Waals surface area contributed by atoms with Crippen LogP contribution >= 0.6 is 23.2 Å². The van der Waals surface area contributed by atoms with Gasteiger partial charge in [-0.25, -0.2) is 8.42 Å². The number of halogens is 2. The van der Waals surface area contributed by atoms with Gasteiger partial charge in [0.2, 0.25) is 11.8 Å². The molecule has 1 N–H and O–H groups in total. The Morgan fingerprint density at radius 2 is 1.56 bits per heavy atom. The number of amides is 2. The molecule has 0 heterocycles. The van der Waals surface area contributed by atoms with E-state index in [1.807, 2.05) is 44.2 Å². The molecule has 1 atom stereocenters. The lowest BCUT2D eigenvalue weighted by Crippen LogP contribution is -2.53. The highest BCUT2D eigenvalue weighted by atomic mass is 35.5. The molecule has 0 radical (unpaired) electrons. The van der Waals surface area contributed by atoms with Crippen molar-refractivity contribution < 1.29 is 18.0 Å². The van der Waals surface area contributed by atoms with Gasteiger partial charge in [0.1, 0.15) is 12.6 Å². The van der Waals surface area contributed by atoms with Crippen LogP contribution in [0.1, 0.15) is 36.5 Å². The fourth-order valence-electron chi connectivity index (χ4n) is 4.87. The van der Waals surface area contributed by atoms with Gasteiger partial charge in [-0.2, -0.15) is 0 Å². The summed E-state index contributed by atoms with van der Waals surface area (Å²) in [6.45, 7) is 3.75. The maximum Gasteiger partial charge on any atom is 0.264 e. The molecule has 236 valence electrons. The third-order valence-electron chi connectivity index (χ3n) is 7.38. The van der Waals surface area contributed by atoms with Crippen LogP contribution in [0.15, 0.2) is 108 Å². The summed E-state index contributed by atoms with van der Waals surface area (Å²) in [5.74, 6) is -0.902. The number of nitrogens with zero attached hydrogens (tertiary/aromatic N) is 2. The van der Waals surface area contributed by atoms with Crippen LogP contribution in [0.2, 0.25) is 10.0 Å². The lowest BCUT2D eigenvalue weighted by Gasteiger charge is -2.34. The molecule has 7 nitrogen and oxygen atoms in total. The van der Waals surface area contributed by atoms with Crippen molar-refractivity contribution in [1.82, 2.24) is 10.2 Å². The predicted molar refractivity (Wildman–Crippen MR) is 181 cm³/mol. The Balaban J connectivity index is 1.80. The third-order valence-corrected chi connectivity index (χ3v) is 9.78. The molecule has 0 fully saturated rings. The van der Waals surface area contributed by atoms with E-state index in [1.54, 1.807) is 54.6 Å². The van der Waals surface area contributed by atoms with Gasteiger partial charge in [-0.15, -0.1) is 0 Å². The zero-order valence-electron chi connectivity index (χ0n) is 25.3. The molecule has 0 unspecified atom stereocenters. The van der Waals surface area contributed by atoms with Gasteiger partial charge in [0.15, 0.2) is 0 Å². The van der Waals surface area contributed by atoms with Crippen LogP contribution < -0.4 is 9.62 Å². The minimum absolute atomic E-state index is 0.00876. The maximum atomic E-state index is 14.5. The molecule has 0 aliphatic carbocycles. The summed E-state index contributed by atoms with van der Waals surface area (Å²) in [6, 6.07) is 28.3. The van der Waals surface area contributed by atoms with Crippen molar-refractivity contribution in [1.29, 1.82) is 0 Å². The Morgan fingerprint density at radius 3 is 2.22 bits per heavy atom. The van der Waals surface area contributed by atoms with E-state index in [1.165, 1.54) is 23.1 Å². The first-order chi connectivity index (χ1) is 21.6. The number of unbranched alkanes of at least 4 members (excludes halogenated alkanes) is 1. The molecule has 0 aliphatic heterocycles. The number of hydrogen-bond donors (Lipinski definition) is 1. The predicted octanol–water partition coefficient (Wildman–Crippen LogP) is 7.05. The summed E-state index contributed by atoms with van der Waals surface area (Å²) in [5.41, 5.74) is 2.59. The van der Waals surface area contributed by atoms with Gasteiger partial charge < -0.3 is 10.2 Å². The number of sulfonamides is 1. The van der Waals surface area contributed by atoms with Crippen LogP contribution in [-0.2, 0) is 32.6 Å². The topological polar surface area (TPSA) is 86.8 Å². The number of rotatable bonds is 14. The molecule has 0 bridgehead atoms. The van der Waals surface area contributed by atoms with Crippen LogP contribution in [0.5, 0.6) is 0 Å². The lowest BCUT2D eigenvalue weighted by molar-refractivity contribution is -0.140. The Labute approximate surface area is 275 Å². The fraction of sp³-hybridized carbons (Fsp3) is 0.257. The van der Waals surface area contributed by atoms with Gasteiger partial charge in [0.25, 0.3) is 10.0 Å². The van der Waals surface area contributed by atoms with Gasteiger partial charge in [0, 0.05) is 29.6 Å². The zero-order chi connectivity index (χ0) is 32.4. The van der Waals surface area contributed by atoms with Crippen molar-refractivity contribution in [2.24, 2.45) is 0 Å². The second-order valence-electron chi connectivity index (χ2n) is 10.8. The molecule has 0 saturated carbocycles. The number of carbonyl (C=O) groups excluding carboxylic acids is 2. The second kappa shape index (κ2) is 15.9. The summed E-state index contributed by atoms with van der Waals surface area (Å²) < 4.78 is 29.3. The van der Waals surface area contributed by atoms with Crippen LogP contribution in [-0.4, -0.2) is 44.3 Å². The molecule has 4 aromatic carbocycles. The summed E-state index contributed by atoms with van der Waals surface area (Å²) >= 11 is 12.8. The van der Waals surface area contributed by atoms with Gasteiger partial charge >= 0.3 is 0 Å². The van der Waals surface area contributed by atoms with Gasteiger partial charge in [-0.3, -0.25) is 13.9 Å². The van der Waals surface area contributed by atoms with E-state index in [9.17, 15) is 18.0 Å². The fourth-order valence-corrected chi connectivity index (χ4v) is 6.65. The number of benzene rings is 4. The largest absolute Gasteiger partial charge is 0.354 e. The molecule has 0 aliphatic rings. The number of nitrogens with one attached hydrogen (secondary N) is 1. The first-order valence-electron chi connectivity index (χ1n) is 14.8. The SMILES string of the molecule is CCCCNC(=O)[C@H](Cc1ccccc1)N(Cc1ccccc1Cl)C(=O)CN(c1cccc(Cl)c1)S(=O)(=O)c1ccc(C)cc1. The number of anilines is 1. The zero-order valence-corrected chi connectivity index (χ0v) is 27.7. The molecule has 45 heavy (non-hydrogen) atoms. The average molecular weight is 667 g/mol. The molecule has 10 heteroatoms. The van der Waals surface area contributed by atoms with E-state index in [-0.39, 0.29) is 29.5 Å². The number of carbonyl (C=O) groups is 2. The van der Waals surface area contributed by atoms with Crippen LogP contribution in [0.3, 0.4) is 0 Å². The van der Waals surface area contributed by atoms with Crippen LogP contribution in [0.4, 0.5) is 5.69 Å². The van der Waals surface area contributed by atoms with E-state index < -0.39 is 28.5 Å². The van der Waals surface area contributed by atoms with Gasteiger partial charge in [-0.1, -0.05) is 109 Å². The molecule has 0 aromatic heterocycles. The molecular weight excluding hydrogens is 629 g/mol. The average Bonchev–Trinajstić information content (AvgIpc) is 3.03. The first-order valence-corrected chi connectivity index (χ1v) is 17.0. The summed E-state index contributed by atoms with van der Waals surface area (Å²) in [4.78, 5) is 29.7. The highest BCUT2D eigenvalue weighted by Gasteiger charge is 2.35. The third kappa shape index (κ3) is 9.10. The molecule has 2 amide bonds. The highest BCUT2D eigenvalue weighted by molar-refractivity contribution is 7.92. The van der Waals surface area contributed by atoms with Crippen LogP contribution in [0, 0.1) is 6.92 Å². The maximum absolute atomic E-state index is 14.5. The Kier molecular flexibility index (Phi) is 12.0. The normalized spacial score (nSPS) is 11.9. The van der Waals surface area contributed by atoms with E-state index >= 15 is 0 Å². The van der Waals surface area contributed by atoms with Crippen molar-refractivity contribution in [2.75, 3.05) is 17.4 Å². The molecule has 4 aromatic rings. The highest BCUT2D eigenvalue weighted by Crippen LogP contribution is 2.28. The van der Waals surface area contributed by atoms with Crippen molar-refractivity contribution in [3.05, 3.63) is 130 Å². The molecular formula is C35H37Cl2N3O4S. The summed E-state index contributed by atoms with van der Waals surface area (Å²) in [6.07, 6.45) is 1.88. The number of hydrogen-bond acceptors (Lipinski definition) is 4. The van der Waals surface area contributed by atoms with Crippen LogP contribution in [0.25, 0.3) is 0 Å². The summed E-state index contributed by atoms with van der Waals surface area (Å²) in [7, 11) is -4.22. The Morgan fingerprint density at radius 1 is 0.867 bits per heavy atom. The Hall–Kier alpha value is -3.85. The van der Waals surface area contributed by atoms with E-state index in [4.69, 9.17) is 23.2 Å². The molecule has 4 rings (SSSR count). The monoisotopic (exact) mass is 665 g/mol. The first kappa shape index (κ1) is 34.0. The van der Waals surface area contributed by atoms with Crippen molar-refractivity contribution >= 4 is 50.7 Å². The summed E-state index contributed by atoms with van der Waals surface area (Å²) in [5, 5.41) is 3.72. The second-order valence-corrected chi connectivity index (χ2v) is 13.5. The number of aryl methyl sites for hydroxylation is 1. The van der Waals surface area contributed by atoms with Crippen molar-refractivity contribution in [3.63, 3.8) is 0 Å². The van der Waals surface area contributed by atoms with Crippen molar-refractivity contribution in [3.8, 4) is 0 Å². The van der Waals surface area contributed by atoms with E-state index in [0.717, 1.165) is 28.3 Å². The van der Waals surface area contributed by atoms with E-state index in [2.05, 4.69) is 5.32 Å².